The van der Waals surface area contributed by atoms with Crippen LogP contribution in [-0.4, -0.2) is 15.0 Å². The summed E-state index contributed by atoms with van der Waals surface area (Å²) in [6, 6.07) is 17.9. The highest BCUT2D eigenvalue weighted by atomic mass is 15.1. The number of aromatic nitrogens is 3. The zero-order valence-corrected chi connectivity index (χ0v) is 12.1. The summed E-state index contributed by atoms with van der Waals surface area (Å²) < 4.78 is 0. The largest absolute Gasteiger partial charge is 0.323 e. The van der Waals surface area contributed by atoms with Gasteiger partial charge in [-0.25, -0.2) is 15.0 Å². The van der Waals surface area contributed by atoms with Crippen LogP contribution in [0, 0.1) is 11.3 Å². The first-order chi connectivity index (χ1) is 11.3. The minimum absolute atomic E-state index is 0.431. The molecular weight excluding hydrogens is 286 g/mol. The standard InChI is InChI=1S/C18H11N5/c19-9-12-10-20-18(21-11-12)23-17-13-5-1-3-7-15(13)22-16-8-4-2-6-14(16)17/h1-8,10-11H,(H,20,21,22,23). The SMILES string of the molecule is N#Cc1cnc(Nc2c3ccccc3nc3ccccc23)nc1. The zero-order chi connectivity index (χ0) is 15.6. The van der Waals surface area contributed by atoms with E-state index in [2.05, 4.69) is 20.3 Å². The Kier molecular flexibility index (Phi) is 3.06. The number of hydrogen-bond donors (Lipinski definition) is 1. The number of nitriles is 1. The van der Waals surface area contributed by atoms with Gasteiger partial charge in [0.25, 0.3) is 0 Å². The van der Waals surface area contributed by atoms with Crippen LogP contribution >= 0.6 is 0 Å². The van der Waals surface area contributed by atoms with Crippen LogP contribution in [0.2, 0.25) is 0 Å². The molecule has 0 bridgehead atoms. The summed E-state index contributed by atoms with van der Waals surface area (Å²) in [7, 11) is 0. The Bertz CT molecular complexity index is 994. The molecule has 0 unspecified atom stereocenters. The van der Waals surface area contributed by atoms with Gasteiger partial charge in [0.05, 0.1) is 34.7 Å². The van der Waals surface area contributed by atoms with E-state index in [0.29, 0.717) is 11.5 Å². The third kappa shape index (κ3) is 2.32. The number of pyridine rings is 1. The second-order valence-electron chi connectivity index (χ2n) is 5.05. The first-order valence-corrected chi connectivity index (χ1v) is 7.12. The van der Waals surface area contributed by atoms with E-state index in [4.69, 9.17) is 5.26 Å². The van der Waals surface area contributed by atoms with E-state index in [1.165, 1.54) is 12.4 Å². The molecule has 5 nitrogen and oxygen atoms in total. The summed E-state index contributed by atoms with van der Waals surface area (Å²) in [6.45, 7) is 0. The minimum Gasteiger partial charge on any atom is -0.323 e. The Balaban J connectivity index is 1.93. The monoisotopic (exact) mass is 297 g/mol. The van der Waals surface area contributed by atoms with Crippen molar-refractivity contribution in [3.8, 4) is 6.07 Å². The normalized spacial score (nSPS) is 10.6. The molecule has 0 radical (unpaired) electrons. The van der Waals surface area contributed by atoms with Gasteiger partial charge >= 0.3 is 0 Å². The maximum atomic E-state index is 8.84. The summed E-state index contributed by atoms with van der Waals surface area (Å²) in [5.74, 6) is 0.450. The molecule has 0 amide bonds. The summed E-state index contributed by atoms with van der Waals surface area (Å²) in [5, 5.41) is 14.1. The molecule has 0 aliphatic rings. The van der Waals surface area contributed by atoms with Crippen molar-refractivity contribution in [2.24, 2.45) is 0 Å². The Morgan fingerprint density at radius 3 is 1.96 bits per heavy atom. The van der Waals surface area contributed by atoms with E-state index < -0.39 is 0 Å². The van der Waals surface area contributed by atoms with Crippen LogP contribution in [0.25, 0.3) is 21.8 Å². The van der Waals surface area contributed by atoms with Gasteiger partial charge < -0.3 is 5.32 Å². The van der Waals surface area contributed by atoms with Gasteiger partial charge in [0.1, 0.15) is 6.07 Å². The Morgan fingerprint density at radius 1 is 0.826 bits per heavy atom. The molecule has 2 aromatic heterocycles. The van der Waals surface area contributed by atoms with Crippen molar-refractivity contribution in [3.63, 3.8) is 0 Å². The molecule has 0 fully saturated rings. The minimum atomic E-state index is 0.431. The van der Waals surface area contributed by atoms with Gasteiger partial charge in [-0.3, -0.25) is 0 Å². The Hall–Kier alpha value is -3.52. The maximum absolute atomic E-state index is 8.84. The molecule has 5 heteroatoms. The molecule has 2 heterocycles. The fourth-order valence-corrected chi connectivity index (χ4v) is 2.54. The van der Waals surface area contributed by atoms with Gasteiger partial charge in [0.15, 0.2) is 0 Å². The van der Waals surface area contributed by atoms with Crippen LogP contribution in [0.5, 0.6) is 0 Å². The first-order valence-electron chi connectivity index (χ1n) is 7.12. The predicted octanol–water partition coefficient (Wildman–Crippen LogP) is 3.79. The summed E-state index contributed by atoms with van der Waals surface area (Å²) in [6.07, 6.45) is 3.00. The van der Waals surface area contributed by atoms with Crippen molar-refractivity contribution >= 4 is 33.4 Å². The molecule has 0 aliphatic heterocycles. The fourth-order valence-electron chi connectivity index (χ4n) is 2.54. The van der Waals surface area contributed by atoms with E-state index in [1.54, 1.807) is 0 Å². The quantitative estimate of drug-likeness (QED) is 0.570. The van der Waals surface area contributed by atoms with E-state index >= 15 is 0 Å². The third-order valence-corrected chi connectivity index (χ3v) is 3.61. The van der Waals surface area contributed by atoms with Crippen LogP contribution in [-0.2, 0) is 0 Å². The van der Waals surface area contributed by atoms with Gasteiger partial charge in [-0.1, -0.05) is 36.4 Å². The van der Waals surface area contributed by atoms with Gasteiger partial charge in [-0.2, -0.15) is 5.26 Å². The number of hydrogen-bond acceptors (Lipinski definition) is 5. The number of nitrogens with zero attached hydrogens (tertiary/aromatic N) is 4. The highest BCUT2D eigenvalue weighted by Crippen LogP contribution is 2.31. The van der Waals surface area contributed by atoms with Gasteiger partial charge in [-0.05, 0) is 12.1 Å². The molecule has 108 valence electrons. The van der Waals surface area contributed by atoms with Crippen molar-refractivity contribution in [2.45, 2.75) is 0 Å². The summed E-state index contributed by atoms with van der Waals surface area (Å²) in [4.78, 5) is 13.1. The van der Waals surface area contributed by atoms with E-state index in [0.717, 1.165) is 27.5 Å². The molecule has 4 rings (SSSR count). The van der Waals surface area contributed by atoms with E-state index in [-0.39, 0.29) is 0 Å². The number of para-hydroxylation sites is 2. The van der Waals surface area contributed by atoms with E-state index in [1.807, 2.05) is 54.6 Å². The Morgan fingerprint density at radius 2 is 1.39 bits per heavy atom. The smallest absolute Gasteiger partial charge is 0.227 e. The molecule has 0 saturated heterocycles. The lowest BCUT2D eigenvalue weighted by molar-refractivity contribution is 1.15. The summed E-state index contributed by atoms with van der Waals surface area (Å²) in [5.41, 5.74) is 3.15. The average molecular weight is 297 g/mol. The van der Waals surface area contributed by atoms with Crippen molar-refractivity contribution in [3.05, 3.63) is 66.5 Å². The zero-order valence-electron chi connectivity index (χ0n) is 12.1. The van der Waals surface area contributed by atoms with Gasteiger partial charge in [0.2, 0.25) is 5.95 Å². The molecule has 0 aliphatic carbocycles. The van der Waals surface area contributed by atoms with Crippen molar-refractivity contribution in [2.75, 3.05) is 5.32 Å². The molecule has 4 aromatic rings. The van der Waals surface area contributed by atoms with E-state index in [9.17, 15) is 0 Å². The molecule has 2 aromatic carbocycles. The number of nitrogens with one attached hydrogen (secondary N) is 1. The molecule has 0 atom stereocenters. The first kappa shape index (κ1) is 13.2. The number of fused-ring (bicyclic) bond motifs is 2. The highest BCUT2D eigenvalue weighted by molar-refractivity contribution is 6.08. The van der Waals surface area contributed by atoms with Crippen molar-refractivity contribution in [1.29, 1.82) is 5.26 Å². The maximum Gasteiger partial charge on any atom is 0.227 e. The van der Waals surface area contributed by atoms with Crippen LogP contribution in [0.3, 0.4) is 0 Å². The molecule has 23 heavy (non-hydrogen) atoms. The number of benzene rings is 2. The Labute approximate surface area is 132 Å². The number of rotatable bonds is 2. The molecular formula is C18H11N5. The van der Waals surface area contributed by atoms with Crippen molar-refractivity contribution < 1.29 is 0 Å². The van der Waals surface area contributed by atoms with Crippen LogP contribution < -0.4 is 5.32 Å². The topological polar surface area (TPSA) is 74.5 Å². The molecule has 1 N–H and O–H groups in total. The van der Waals surface area contributed by atoms with Gasteiger partial charge in [0, 0.05) is 10.8 Å². The van der Waals surface area contributed by atoms with Crippen LogP contribution in [0.4, 0.5) is 11.6 Å². The predicted molar refractivity (Wildman–Crippen MR) is 89.3 cm³/mol. The van der Waals surface area contributed by atoms with Crippen LogP contribution in [0.15, 0.2) is 60.9 Å². The fraction of sp³-hybridized carbons (Fsp3) is 0. The lowest BCUT2D eigenvalue weighted by Crippen LogP contribution is -1.99. The lowest BCUT2D eigenvalue weighted by Gasteiger charge is -2.11. The highest BCUT2D eigenvalue weighted by Gasteiger charge is 2.09. The van der Waals surface area contributed by atoms with Crippen LogP contribution in [0.1, 0.15) is 5.56 Å². The lowest BCUT2D eigenvalue weighted by atomic mass is 10.1. The van der Waals surface area contributed by atoms with Crippen molar-refractivity contribution in [1.82, 2.24) is 15.0 Å². The summed E-state index contributed by atoms with van der Waals surface area (Å²) >= 11 is 0. The molecule has 0 spiro atoms. The average Bonchev–Trinajstić information content (AvgIpc) is 2.62. The molecule has 0 saturated carbocycles. The second-order valence-corrected chi connectivity index (χ2v) is 5.05. The van der Waals surface area contributed by atoms with Gasteiger partial charge in [-0.15, -0.1) is 0 Å². The second kappa shape index (κ2) is 5.35. The third-order valence-electron chi connectivity index (χ3n) is 3.61. The number of anilines is 2.